The van der Waals surface area contributed by atoms with Crippen LogP contribution in [0.3, 0.4) is 0 Å². The fourth-order valence-electron chi connectivity index (χ4n) is 2.52. The fraction of sp³-hybridized carbons (Fsp3) is 0.357. The maximum atomic E-state index is 10.8. The van der Waals surface area contributed by atoms with E-state index in [1.807, 2.05) is 6.07 Å². The number of benzene rings is 1. The molecule has 1 aliphatic rings. The zero-order valence-corrected chi connectivity index (χ0v) is 10.8. The molecule has 0 radical (unpaired) electrons. The van der Waals surface area contributed by atoms with Crippen LogP contribution in [0.15, 0.2) is 35.0 Å². The van der Waals surface area contributed by atoms with Gasteiger partial charge in [0.2, 0.25) is 0 Å². The van der Waals surface area contributed by atoms with Crippen LogP contribution in [0, 0.1) is 10.1 Å². The van der Waals surface area contributed by atoms with E-state index in [9.17, 15) is 10.1 Å². The molecule has 1 aromatic carbocycles. The number of rotatable bonds is 4. The zero-order valence-electron chi connectivity index (χ0n) is 10.8. The van der Waals surface area contributed by atoms with Gasteiger partial charge in [-0.1, -0.05) is 36.2 Å². The highest BCUT2D eigenvalue weighted by molar-refractivity contribution is 6.26. The van der Waals surface area contributed by atoms with Crippen LogP contribution in [-0.2, 0) is 0 Å². The Labute approximate surface area is 111 Å². The number of non-ortho nitro benzene ring substituents is 1. The van der Waals surface area contributed by atoms with Crippen molar-refractivity contribution < 1.29 is 10.1 Å². The van der Waals surface area contributed by atoms with Gasteiger partial charge in [0.1, 0.15) is 0 Å². The van der Waals surface area contributed by atoms with Crippen molar-refractivity contribution in [2.75, 3.05) is 0 Å². The summed E-state index contributed by atoms with van der Waals surface area (Å²) in [5.41, 5.74) is 3.56. The van der Waals surface area contributed by atoms with Crippen LogP contribution in [0.5, 0.6) is 0 Å². The van der Waals surface area contributed by atoms with Crippen LogP contribution in [-0.4, -0.2) is 15.8 Å². The molecule has 1 aliphatic carbocycles. The lowest BCUT2D eigenvalue weighted by Gasteiger charge is -2.07. The van der Waals surface area contributed by atoms with Gasteiger partial charge in [0, 0.05) is 17.7 Å². The third-order valence-corrected chi connectivity index (χ3v) is 3.32. The molecule has 0 fully saturated rings. The van der Waals surface area contributed by atoms with Gasteiger partial charge in [-0.3, -0.25) is 10.1 Å². The van der Waals surface area contributed by atoms with Crippen molar-refractivity contribution in [3.63, 3.8) is 0 Å². The highest BCUT2D eigenvalue weighted by Crippen LogP contribution is 2.35. The number of oxime groups is 1. The lowest BCUT2D eigenvalue weighted by Crippen LogP contribution is -1.98. The molecule has 1 N–H and O–H groups in total. The molecule has 2 rings (SSSR count). The van der Waals surface area contributed by atoms with E-state index in [0.717, 1.165) is 30.4 Å². The summed E-state index contributed by atoms with van der Waals surface area (Å²) < 4.78 is 0. The van der Waals surface area contributed by atoms with Gasteiger partial charge in [-0.05, 0) is 24.8 Å². The lowest BCUT2D eigenvalue weighted by atomic mass is 9.98. The second-order valence-electron chi connectivity index (χ2n) is 4.58. The summed E-state index contributed by atoms with van der Waals surface area (Å²) in [5.74, 6) is 0. The second-order valence-corrected chi connectivity index (χ2v) is 4.58. The number of hydrogen-bond donors (Lipinski definition) is 1. The molecule has 0 bridgehead atoms. The first-order valence-corrected chi connectivity index (χ1v) is 6.35. The van der Waals surface area contributed by atoms with Crippen molar-refractivity contribution in [2.45, 2.75) is 32.6 Å². The van der Waals surface area contributed by atoms with E-state index in [1.54, 1.807) is 12.1 Å². The molecule has 1 aromatic rings. The van der Waals surface area contributed by atoms with E-state index < -0.39 is 4.92 Å². The number of nitrogens with zero attached hydrogens (tertiary/aromatic N) is 2. The molecule has 100 valence electrons. The standard InChI is InChI=1S/C14H16N2O3/c1-2-4-10-7-8-13(15-17)14(10)11-5-3-6-12(9-11)16(18)19/h3,5-6,9,17H,2,4,7-8H2,1H3. The van der Waals surface area contributed by atoms with Gasteiger partial charge in [0.05, 0.1) is 10.6 Å². The number of hydrogen-bond acceptors (Lipinski definition) is 4. The molecular weight excluding hydrogens is 244 g/mol. The van der Waals surface area contributed by atoms with Crippen LogP contribution in [0.2, 0.25) is 0 Å². The van der Waals surface area contributed by atoms with E-state index in [-0.39, 0.29) is 5.69 Å². The topological polar surface area (TPSA) is 75.7 Å². The van der Waals surface area contributed by atoms with Gasteiger partial charge in [-0.2, -0.15) is 0 Å². The summed E-state index contributed by atoms with van der Waals surface area (Å²) in [6.45, 7) is 2.09. The minimum absolute atomic E-state index is 0.0602. The Hall–Kier alpha value is -2.17. The monoisotopic (exact) mass is 260 g/mol. The minimum atomic E-state index is -0.408. The second kappa shape index (κ2) is 5.65. The van der Waals surface area contributed by atoms with E-state index in [1.165, 1.54) is 11.6 Å². The molecule has 0 aromatic heterocycles. The highest BCUT2D eigenvalue weighted by atomic mass is 16.6. The normalized spacial score (nSPS) is 17.2. The molecule has 0 saturated heterocycles. The maximum Gasteiger partial charge on any atom is 0.270 e. The summed E-state index contributed by atoms with van der Waals surface area (Å²) >= 11 is 0. The molecule has 0 amide bonds. The largest absolute Gasteiger partial charge is 0.411 e. The summed E-state index contributed by atoms with van der Waals surface area (Å²) in [6, 6.07) is 6.50. The Kier molecular flexibility index (Phi) is 3.94. The average Bonchev–Trinajstić information content (AvgIpc) is 2.82. The SMILES string of the molecule is CCCC1=C(c2cccc([N+](=O)[O-])c2)C(=NO)CC1. The van der Waals surface area contributed by atoms with Crippen LogP contribution in [0.1, 0.15) is 38.2 Å². The van der Waals surface area contributed by atoms with Crippen LogP contribution >= 0.6 is 0 Å². The average molecular weight is 260 g/mol. The molecule has 5 nitrogen and oxygen atoms in total. The molecule has 0 aliphatic heterocycles. The van der Waals surface area contributed by atoms with Crippen molar-refractivity contribution in [1.29, 1.82) is 0 Å². The molecule has 0 atom stereocenters. The fourth-order valence-corrected chi connectivity index (χ4v) is 2.52. The zero-order chi connectivity index (χ0) is 13.8. The number of allylic oxidation sites excluding steroid dienone is 2. The Morgan fingerprint density at radius 1 is 1.42 bits per heavy atom. The van der Waals surface area contributed by atoms with Crippen LogP contribution in [0.25, 0.3) is 5.57 Å². The molecule has 0 heterocycles. The Bertz CT molecular complexity index is 562. The van der Waals surface area contributed by atoms with Crippen LogP contribution in [0.4, 0.5) is 5.69 Å². The van der Waals surface area contributed by atoms with E-state index in [4.69, 9.17) is 5.21 Å². The lowest BCUT2D eigenvalue weighted by molar-refractivity contribution is -0.384. The summed E-state index contributed by atoms with van der Waals surface area (Å²) in [4.78, 5) is 10.4. The Balaban J connectivity index is 2.50. The summed E-state index contributed by atoms with van der Waals surface area (Å²) in [6.07, 6.45) is 3.50. The quantitative estimate of drug-likeness (QED) is 0.508. The summed E-state index contributed by atoms with van der Waals surface area (Å²) in [5, 5.41) is 23.3. The molecule has 0 saturated carbocycles. The molecule has 0 spiro atoms. The predicted octanol–water partition coefficient (Wildman–Crippen LogP) is 3.77. The van der Waals surface area contributed by atoms with Crippen molar-refractivity contribution >= 4 is 17.0 Å². The first-order valence-electron chi connectivity index (χ1n) is 6.35. The first-order chi connectivity index (χ1) is 9.17. The van der Waals surface area contributed by atoms with E-state index >= 15 is 0 Å². The van der Waals surface area contributed by atoms with E-state index in [0.29, 0.717) is 12.1 Å². The molecular formula is C14H16N2O3. The smallest absolute Gasteiger partial charge is 0.270 e. The summed E-state index contributed by atoms with van der Waals surface area (Å²) in [7, 11) is 0. The molecule has 19 heavy (non-hydrogen) atoms. The first kappa shape index (κ1) is 13.3. The predicted molar refractivity (Wildman–Crippen MR) is 73.4 cm³/mol. The van der Waals surface area contributed by atoms with Crippen molar-refractivity contribution in [3.8, 4) is 0 Å². The van der Waals surface area contributed by atoms with Gasteiger partial charge in [0.15, 0.2) is 0 Å². The third kappa shape index (κ3) is 2.65. The third-order valence-electron chi connectivity index (χ3n) is 3.32. The van der Waals surface area contributed by atoms with Gasteiger partial charge in [-0.25, -0.2) is 0 Å². The maximum absolute atomic E-state index is 10.8. The van der Waals surface area contributed by atoms with Crippen molar-refractivity contribution in [3.05, 3.63) is 45.5 Å². The van der Waals surface area contributed by atoms with Gasteiger partial charge < -0.3 is 5.21 Å². The Morgan fingerprint density at radius 3 is 2.84 bits per heavy atom. The Morgan fingerprint density at radius 2 is 2.21 bits per heavy atom. The van der Waals surface area contributed by atoms with Crippen molar-refractivity contribution in [2.24, 2.45) is 5.16 Å². The number of nitro benzene ring substituents is 1. The van der Waals surface area contributed by atoms with Crippen molar-refractivity contribution in [1.82, 2.24) is 0 Å². The van der Waals surface area contributed by atoms with Gasteiger partial charge in [-0.15, -0.1) is 0 Å². The van der Waals surface area contributed by atoms with E-state index in [2.05, 4.69) is 12.1 Å². The van der Waals surface area contributed by atoms with Crippen LogP contribution < -0.4 is 0 Å². The van der Waals surface area contributed by atoms with Gasteiger partial charge >= 0.3 is 0 Å². The highest BCUT2D eigenvalue weighted by Gasteiger charge is 2.23. The minimum Gasteiger partial charge on any atom is -0.411 e. The molecule has 0 unspecified atom stereocenters. The number of nitro groups is 1. The molecule has 5 heteroatoms. The van der Waals surface area contributed by atoms with Gasteiger partial charge in [0.25, 0.3) is 5.69 Å².